The molecule has 0 heterocycles. The van der Waals surface area contributed by atoms with Crippen LogP contribution in [-0.4, -0.2) is 34.8 Å². The van der Waals surface area contributed by atoms with Crippen LogP contribution in [0.5, 0.6) is 5.75 Å². The number of terminal acetylenes is 1. The van der Waals surface area contributed by atoms with Gasteiger partial charge in [0, 0.05) is 6.42 Å². The lowest BCUT2D eigenvalue weighted by atomic mass is 10.1. The first-order valence-electron chi connectivity index (χ1n) is 5.51. The summed E-state index contributed by atoms with van der Waals surface area (Å²) in [4.78, 5) is 22.4. The minimum atomic E-state index is -1.15. The Hall–Kier alpha value is -2.68. The molecule has 100 valence electrons. The van der Waals surface area contributed by atoms with Crippen LogP contribution in [0.25, 0.3) is 0 Å². The largest absolute Gasteiger partial charge is 0.508 e. The quantitative estimate of drug-likeness (QED) is 0.574. The molecular weight excluding hydrogens is 248 g/mol. The van der Waals surface area contributed by atoms with Gasteiger partial charge >= 0.3 is 12.0 Å². The minimum Gasteiger partial charge on any atom is -0.508 e. The molecule has 0 saturated carbocycles. The van der Waals surface area contributed by atoms with Gasteiger partial charge in [-0.05, 0) is 17.7 Å². The predicted molar refractivity (Wildman–Crippen MR) is 68.6 cm³/mol. The summed E-state index contributed by atoms with van der Waals surface area (Å²) in [5, 5.41) is 22.8. The monoisotopic (exact) mass is 262 g/mol. The number of carboxylic acids is 1. The van der Waals surface area contributed by atoms with Crippen LogP contribution < -0.4 is 10.6 Å². The summed E-state index contributed by atoms with van der Waals surface area (Å²) >= 11 is 0. The van der Waals surface area contributed by atoms with Crippen LogP contribution in [0.3, 0.4) is 0 Å². The smallest absolute Gasteiger partial charge is 0.326 e. The van der Waals surface area contributed by atoms with Crippen molar-refractivity contribution < 1.29 is 19.8 Å². The molecule has 1 rings (SSSR count). The number of rotatable bonds is 5. The van der Waals surface area contributed by atoms with Crippen LogP contribution in [0.2, 0.25) is 0 Å². The first kappa shape index (κ1) is 14.4. The van der Waals surface area contributed by atoms with E-state index in [1.807, 2.05) is 0 Å². The third-order valence-corrected chi connectivity index (χ3v) is 2.33. The molecule has 19 heavy (non-hydrogen) atoms. The average Bonchev–Trinajstić information content (AvgIpc) is 2.38. The van der Waals surface area contributed by atoms with Crippen LogP contribution >= 0.6 is 0 Å². The minimum absolute atomic E-state index is 0.0252. The molecule has 0 fully saturated rings. The van der Waals surface area contributed by atoms with Crippen molar-refractivity contribution in [3.8, 4) is 18.1 Å². The van der Waals surface area contributed by atoms with Crippen molar-refractivity contribution in [3.05, 3.63) is 29.8 Å². The van der Waals surface area contributed by atoms with Crippen molar-refractivity contribution in [2.45, 2.75) is 12.5 Å². The van der Waals surface area contributed by atoms with Gasteiger partial charge in [-0.2, -0.15) is 0 Å². The second-order valence-electron chi connectivity index (χ2n) is 3.79. The fraction of sp³-hybridized carbons (Fsp3) is 0.231. The van der Waals surface area contributed by atoms with Gasteiger partial charge in [-0.25, -0.2) is 9.59 Å². The molecule has 0 aliphatic rings. The lowest BCUT2D eigenvalue weighted by Gasteiger charge is -2.14. The highest BCUT2D eigenvalue weighted by Gasteiger charge is 2.20. The van der Waals surface area contributed by atoms with Crippen LogP contribution in [0, 0.1) is 12.3 Å². The van der Waals surface area contributed by atoms with E-state index in [1.54, 1.807) is 12.1 Å². The molecule has 0 saturated heterocycles. The summed E-state index contributed by atoms with van der Waals surface area (Å²) in [6.45, 7) is 0.0252. The van der Waals surface area contributed by atoms with Crippen molar-refractivity contribution in [2.75, 3.05) is 6.54 Å². The van der Waals surface area contributed by atoms with E-state index in [1.165, 1.54) is 12.1 Å². The van der Waals surface area contributed by atoms with Crippen LogP contribution in [-0.2, 0) is 11.2 Å². The number of hydrogen-bond acceptors (Lipinski definition) is 3. The fourth-order valence-electron chi connectivity index (χ4n) is 1.41. The number of hydrogen-bond donors (Lipinski definition) is 4. The van der Waals surface area contributed by atoms with Gasteiger partial charge in [0.25, 0.3) is 0 Å². The molecular formula is C13H14N2O4. The molecule has 2 amide bonds. The van der Waals surface area contributed by atoms with Crippen molar-refractivity contribution in [1.29, 1.82) is 0 Å². The molecule has 0 aliphatic heterocycles. The lowest BCUT2D eigenvalue weighted by molar-refractivity contribution is -0.139. The van der Waals surface area contributed by atoms with Crippen molar-refractivity contribution in [3.63, 3.8) is 0 Å². The Morgan fingerprint density at radius 2 is 1.95 bits per heavy atom. The molecule has 0 aliphatic carbocycles. The van der Waals surface area contributed by atoms with E-state index in [2.05, 4.69) is 16.6 Å². The number of carbonyl (C=O) groups is 2. The number of aliphatic carboxylic acids is 1. The molecule has 1 unspecified atom stereocenters. The molecule has 6 heteroatoms. The molecule has 1 aromatic carbocycles. The van der Waals surface area contributed by atoms with E-state index in [0.717, 1.165) is 0 Å². The molecule has 0 bridgehead atoms. The Balaban J connectivity index is 2.63. The third kappa shape index (κ3) is 5.00. The predicted octanol–water partition coefficient (Wildman–Crippen LogP) is 0.320. The Morgan fingerprint density at radius 3 is 2.47 bits per heavy atom. The maximum atomic E-state index is 11.3. The standard InChI is InChI=1S/C13H14N2O4/c1-2-7-14-13(19)15-11(12(17)18)8-9-3-5-10(16)6-4-9/h1,3-6,11,16H,7-8H2,(H,17,18)(H2,14,15,19). The van der Waals surface area contributed by atoms with Gasteiger partial charge in [0.15, 0.2) is 0 Å². The number of carboxylic acid groups (broad SMARTS) is 1. The number of amides is 2. The zero-order valence-corrected chi connectivity index (χ0v) is 10.1. The fourth-order valence-corrected chi connectivity index (χ4v) is 1.41. The Bertz CT molecular complexity index is 490. The zero-order valence-electron chi connectivity index (χ0n) is 10.1. The highest BCUT2D eigenvalue weighted by molar-refractivity contribution is 5.82. The molecule has 0 radical (unpaired) electrons. The molecule has 1 atom stereocenters. The van der Waals surface area contributed by atoms with E-state index in [0.29, 0.717) is 5.56 Å². The van der Waals surface area contributed by atoms with Crippen molar-refractivity contribution in [1.82, 2.24) is 10.6 Å². The van der Waals surface area contributed by atoms with E-state index in [9.17, 15) is 9.59 Å². The third-order valence-electron chi connectivity index (χ3n) is 2.33. The number of phenolic OH excluding ortho intramolecular Hbond substituents is 1. The normalized spacial score (nSPS) is 11.1. The van der Waals surface area contributed by atoms with E-state index >= 15 is 0 Å². The Morgan fingerprint density at radius 1 is 1.32 bits per heavy atom. The highest BCUT2D eigenvalue weighted by Crippen LogP contribution is 2.11. The van der Waals surface area contributed by atoms with Crippen LogP contribution in [0.15, 0.2) is 24.3 Å². The number of aromatic hydroxyl groups is 1. The number of carbonyl (C=O) groups excluding carboxylic acids is 1. The van der Waals surface area contributed by atoms with Crippen LogP contribution in [0.1, 0.15) is 5.56 Å². The van der Waals surface area contributed by atoms with Gasteiger partial charge in [0.1, 0.15) is 11.8 Å². The van der Waals surface area contributed by atoms with E-state index < -0.39 is 18.0 Å². The molecule has 0 aromatic heterocycles. The zero-order chi connectivity index (χ0) is 14.3. The Kier molecular flexibility index (Phi) is 5.23. The summed E-state index contributed by atoms with van der Waals surface area (Å²) < 4.78 is 0. The van der Waals surface area contributed by atoms with Gasteiger partial charge in [-0.3, -0.25) is 0 Å². The average molecular weight is 262 g/mol. The summed E-state index contributed by atoms with van der Waals surface area (Å²) in [7, 11) is 0. The molecule has 1 aromatic rings. The molecule has 6 nitrogen and oxygen atoms in total. The van der Waals surface area contributed by atoms with E-state index in [4.69, 9.17) is 16.6 Å². The number of phenols is 1. The number of benzene rings is 1. The van der Waals surface area contributed by atoms with E-state index in [-0.39, 0.29) is 18.7 Å². The molecule has 4 N–H and O–H groups in total. The van der Waals surface area contributed by atoms with Gasteiger partial charge in [-0.1, -0.05) is 18.1 Å². The summed E-state index contributed by atoms with van der Waals surface area (Å²) in [6, 6.07) is 4.38. The van der Waals surface area contributed by atoms with Crippen LogP contribution in [0.4, 0.5) is 4.79 Å². The van der Waals surface area contributed by atoms with Crippen molar-refractivity contribution >= 4 is 12.0 Å². The van der Waals surface area contributed by atoms with Gasteiger partial charge in [0.2, 0.25) is 0 Å². The summed E-state index contributed by atoms with van der Waals surface area (Å²) in [6.07, 6.45) is 5.08. The SMILES string of the molecule is C#CCNC(=O)NC(Cc1ccc(O)cc1)C(=O)O. The van der Waals surface area contributed by atoms with Crippen molar-refractivity contribution in [2.24, 2.45) is 0 Å². The highest BCUT2D eigenvalue weighted by atomic mass is 16.4. The van der Waals surface area contributed by atoms with Gasteiger partial charge in [0.05, 0.1) is 6.54 Å². The number of urea groups is 1. The first-order chi connectivity index (χ1) is 9.02. The number of nitrogens with one attached hydrogen (secondary N) is 2. The maximum Gasteiger partial charge on any atom is 0.326 e. The lowest BCUT2D eigenvalue weighted by Crippen LogP contribution is -2.47. The molecule has 0 spiro atoms. The summed E-state index contributed by atoms with van der Waals surface area (Å²) in [5.74, 6) is 1.15. The summed E-state index contributed by atoms with van der Waals surface area (Å²) in [5.41, 5.74) is 0.683. The Labute approximate surface area is 110 Å². The second-order valence-corrected chi connectivity index (χ2v) is 3.79. The second kappa shape index (κ2) is 6.91. The topological polar surface area (TPSA) is 98.7 Å². The van der Waals surface area contributed by atoms with Gasteiger partial charge in [-0.15, -0.1) is 6.42 Å². The first-order valence-corrected chi connectivity index (χ1v) is 5.51. The maximum absolute atomic E-state index is 11.3. The van der Waals surface area contributed by atoms with Gasteiger partial charge < -0.3 is 20.8 Å².